The molecule has 1 unspecified atom stereocenters. The molecule has 0 aliphatic heterocycles. The number of hydrogen-bond acceptors (Lipinski definition) is 5. The Bertz CT molecular complexity index is 717. The monoisotopic (exact) mass is 681 g/mol. The summed E-state index contributed by atoms with van der Waals surface area (Å²) in [4.78, 5) is 36.0. The first kappa shape index (κ1) is 46.4. The molecule has 1 atom stereocenters. The largest absolute Gasteiger partial charge is 0.466 e. The first-order chi connectivity index (χ1) is 23.5. The van der Waals surface area contributed by atoms with Gasteiger partial charge in [0.2, 0.25) is 11.8 Å². The molecule has 7 nitrogen and oxygen atoms in total. The van der Waals surface area contributed by atoms with Crippen molar-refractivity contribution >= 4 is 17.8 Å². The lowest BCUT2D eigenvalue weighted by Crippen LogP contribution is -2.39. The maximum absolute atomic E-state index is 12.1. The maximum atomic E-state index is 12.1. The third-order valence-electron chi connectivity index (χ3n) is 9.37. The number of nitrogens with one attached hydrogen (secondary N) is 2. The molecule has 0 rings (SSSR count). The van der Waals surface area contributed by atoms with E-state index in [4.69, 9.17) is 4.74 Å². The first-order valence-electron chi connectivity index (χ1n) is 20.9. The highest BCUT2D eigenvalue weighted by atomic mass is 16.5. The fraction of sp³-hybridized carbons (Fsp3) is 0.927. The van der Waals surface area contributed by atoms with Crippen LogP contribution in [0.1, 0.15) is 219 Å². The summed E-state index contributed by atoms with van der Waals surface area (Å²) < 4.78 is 5.40. The van der Waals surface area contributed by atoms with Crippen LogP contribution in [0.15, 0.2) is 0 Å². The van der Waals surface area contributed by atoms with Crippen molar-refractivity contribution in [3.63, 3.8) is 0 Å². The van der Waals surface area contributed by atoms with E-state index in [0.717, 1.165) is 70.6 Å². The lowest BCUT2D eigenvalue weighted by molar-refractivity contribution is -0.144. The second-order valence-corrected chi connectivity index (χ2v) is 14.3. The number of unbranched alkanes of at least 4 members (excludes halogenated alkanes) is 26. The Kier molecular flexibility index (Phi) is 36.9. The molecule has 0 heterocycles. The van der Waals surface area contributed by atoms with Crippen molar-refractivity contribution in [3.05, 3.63) is 0 Å². The summed E-state index contributed by atoms with van der Waals surface area (Å²) in [5.41, 5.74) is 0. The molecular formula is C41H80N2O5. The van der Waals surface area contributed by atoms with E-state index >= 15 is 0 Å². The first-order valence-corrected chi connectivity index (χ1v) is 20.9. The van der Waals surface area contributed by atoms with Crippen LogP contribution in [0, 0.1) is 0 Å². The van der Waals surface area contributed by atoms with Gasteiger partial charge in [-0.3, -0.25) is 14.4 Å². The van der Waals surface area contributed by atoms with Gasteiger partial charge in [0.25, 0.3) is 0 Å². The molecule has 0 aliphatic rings. The van der Waals surface area contributed by atoms with E-state index in [1.807, 2.05) is 0 Å². The molecule has 284 valence electrons. The van der Waals surface area contributed by atoms with Crippen molar-refractivity contribution in [2.24, 2.45) is 0 Å². The Hall–Kier alpha value is -1.63. The van der Waals surface area contributed by atoms with Crippen LogP contribution in [0.25, 0.3) is 0 Å². The van der Waals surface area contributed by atoms with E-state index < -0.39 is 6.10 Å². The summed E-state index contributed by atoms with van der Waals surface area (Å²) in [6.45, 7) is 5.38. The molecule has 0 aromatic heterocycles. The Balaban J connectivity index is 3.40. The minimum Gasteiger partial charge on any atom is -0.466 e. The van der Waals surface area contributed by atoms with Gasteiger partial charge in [-0.05, 0) is 25.7 Å². The van der Waals surface area contributed by atoms with Gasteiger partial charge in [-0.1, -0.05) is 174 Å². The van der Waals surface area contributed by atoms with Gasteiger partial charge in [-0.25, -0.2) is 0 Å². The van der Waals surface area contributed by atoms with Gasteiger partial charge in [0.05, 0.1) is 12.7 Å². The van der Waals surface area contributed by atoms with Crippen LogP contribution in [0.4, 0.5) is 0 Å². The standard InChI is InChI=1S/C41H80N2O5/c1-3-5-7-9-11-13-14-15-16-18-22-26-30-34-41(47)48-35-31-27-23-19-21-25-29-33-40(46)43-37-38(44)36-42-39(45)32-28-24-20-17-12-10-8-6-4-2/h38,44H,3-37H2,1-2H3,(H,42,45)(H,43,46). The molecule has 48 heavy (non-hydrogen) atoms. The van der Waals surface area contributed by atoms with Crippen LogP contribution >= 0.6 is 0 Å². The predicted octanol–water partition coefficient (Wildman–Crippen LogP) is 10.6. The molecule has 0 bridgehead atoms. The number of aliphatic hydroxyl groups is 1. The minimum absolute atomic E-state index is 0.0236. The molecular weight excluding hydrogens is 600 g/mol. The second-order valence-electron chi connectivity index (χ2n) is 14.3. The van der Waals surface area contributed by atoms with Crippen molar-refractivity contribution < 1.29 is 24.2 Å². The third kappa shape index (κ3) is 37.2. The summed E-state index contributed by atoms with van der Waals surface area (Å²) in [7, 11) is 0. The molecule has 0 spiro atoms. The number of hydrogen-bond donors (Lipinski definition) is 3. The molecule has 0 saturated heterocycles. The summed E-state index contributed by atoms with van der Waals surface area (Å²) in [6, 6.07) is 0. The average Bonchev–Trinajstić information content (AvgIpc) is 3.08. The maximum Gasteiger partial charge on any atom is 0.305 e. The van der Waals surface area contributed by atoms with Crippen LogP contribution in [0.5, 0.6) is 0 Å². The Morgan fingerprint density at radius 3 is 1.08 bits per heavy atom. The van der Waals surface area contributed by atoms with Crippen LogP contribution in [-0.2, 0) is 19.1 Å². The average molecular weight is 681 g/mol. The van der Waals surface area contributed by atoms with E-state index in [0.29, 0.717) is 25.9 Å². The lowest BCUT2D eigenvalue weighted by atomic mass is 10.0. The fourth-order valence-corrected chi connectivity index (χ4v) is 6.13. The van der Waals surface area contributed by atoms with E-state index in [2.05, 4.69) is 24.5 Å². The Morgan fingerprint density at radius 1 is 0.438 bits per heavy atom. The molecule has 0 aromatic rings. The molecule has 2 amide bonds. The SMILES string of the molecule is CCCCCCCCCCCCCCCC(=O)OCCCCCCCCCC(=O)NCC(O)CNC(=O)CCCCCCCCCCC. The summed E-state index contributed by atoms with van der Waals surface area (Å²) in [5.74, 6) is -0.113. The quantitative estimate of drug-likeness (QED) is 0.0445. The van der Waals surface area contributed by atoms with E-state index in [-0.39, 0.29) is 30.9 Å². The Morgan fingerprint density at radius 2 is 0.729 bits per heavy atom. The normalized spacial score (nSPS) is 11.8. The molecule has 0 radical (unpaired) electrons. The van der Waals surface area contributed by atoms with Crippen molar-refractivity contribution in [3.8, 4) is 0 Å². The zero-order chi connectivity index (χ0) is 35.2. The Labute approximate surface area is 297 Å². The highest BCUT2D eigenvalue weighted by Crippen LogP contribution is 2.14. The predicted molar refractivity (Wildman–Crippen MR) is 202 cm³/mol. The van der Waals surface area contributed by atoms with Crippen LogP contribution in [0.2, 0.25) is 0 Å². The number of esters is 1. The highest BCUT2D eigenvalue weighted by molar-refractivity contribution is 5.76. The van der Waals surface area contributed by atoms with E-state index in [9.17, 15) is 19.5 Å². The number of rotatable bonds is 38. The zero-order valence-electron chi connectivity index (χ0n) is 31.9. The van der Waals surface area contributed by atoms with E-state index in [1.54, 1.807) is 0 Å². The number of aliphatic hydroxyl groups excluding tert-OH is 1. The van der Waals surface area contributed by atoms with Gasteiger partial charge >= 0.3 is 5.97 Å². The van der Waals surface area contributed by atoms with Gasteiger partial charge in [-0.15, -0.1) is 0 Å². The van der Waals surface area contributed by atoms with Crippen molar-refractivity contribution in [2.45, 2.75) is 225 Å². The highest BCUT2D eigenvalue weighted by Gasteiger charge is 2.09. The summed E-state index contributed by atoms with van der Waals surface area (Å²) in [6.07, 6.45) is 36.0. The van der Waals surface area contributed by atoms with E-state index in [1.165, 1.54) is 116 Å². The third-order valence-corrected chi connectivity index (χ3v) is 9.37. The lowest BCUT2D eigenvalue weighted by Gasteiger charge is -2.13. The van der Waals surface area contributed by atoms with Gasteiger partial charge in [0.15, 0.2) is 0 Å². The summed E-state index contributed by atoms with van der Waals surface area (Å²) in [5, 5.41) is 15.7. The zero-order valence-corrected chi connectivity index (χ0v) is 31.9. The number of carbonyl (C=O) groups excluding carboxylic acids is 3. The molecule has 0 saturated carbocycles. The van der Waals surface area contributed by atoms with Crippen molar-refractivity contribution in [1.29, 1.82) is 0 Å². The van der Waals surface area contributed by atoms with Crippen LogP contribution < -0.4 is 10.6 Å². The fourth-order valence-electron chi connectivity index (χ4n) is 6.13. The molecule has 0 fully saturated rings. The second kappa shape index (κ2) is 38.2. The number of carbonyl (C=O) groups is 3. The van der Waals surface area contributed by atoms with Crippen molar-refractivity contribution in [1.82, 2.24) is 10.6 Å². The van der Waals surface area contributed by atoms with Crippen LogP contribution in [-0.4, -0.2) is 48.7 Å². The number of amides is 2. The van der Waals surface area contributed by atoms with Crippen molar-refractivity contribution in [2.75, 3.05) is 19.7 Å². The molecule has 7 heteroatoms. The van der Waals surface area contributed by atoms with Gasteiger partial charge in [0.1, 0.15) is 0 Å². The van der Waals surface area contributed by atoms with Gasteiger partial charge in [0, 0.05) is 32.4 Å². The topological polar surface area (TPSA) is 105 Å². The van der Waals surface area contributed by atoms with Gasteiger partial charge in [-0.2, -0.15) is 0 Å². The molecule has 0 aromatic carbocycles. The number of ether oxygens (including phenoxy) is 1. The van der Waals surface area contributed by atoms with Crippen LogP contribution in [0.3, 0.4) is 0 Å². The van der Waals surface area contributed by atoms with Gasteiger partial charge < -0.3 is 20.5 Å². The molecule has 3 N–H and O–H groups in total. The smallest absolute Gasteiger partial charge is 0.305 e. The minimum atomic E-state index is -0.764. The molecule has 0 aliphatic carbocycles. The summed E-state index contributed by atoms with van der Waals surface area (Å²) >= 11 is 0.